The van der Waals surface area contributed by atoms with Crippen LogP contribution in [0.4, 0.5) is 19.0 Å². The van der Waals surface area contributed by atoms with Gasteiger partial charge < -0.3 is 15.5 Å². The van der Waals surface area contributed by atoms with E-state index in [0.29, 0.717) is 0 Å². The smallest absolute Gasteiger partial charge is 0.383 e. The zero-order valence-electron chi connectivity index (χ0n) is 9.10. The van der Waals surface area contributed by atoms with Gasteiger partial charge in [0.1, 0.15) is 18.2 Å². The van der Waals surface area contributed by atoms with Crippen LogP contribution in [-0.4, -0.2) is 29.4 Å². The van der Waals surface area contributed by atoms with E-state index >= 15 is 0 Å². The van der Waals surface area contributed by atoms with Crippen LogP contribution in [0, 0.1) is 6.92 Å². The van der Waals surface area contributed by atoms with E-state index in [-0.39, 0.29) is 30.2 Å². The van der Waals surface area contributed by atoms with Crippen LogP contribution < -0.4 is 11.3 Å². The van der Waals surface area contributed by atoms with E-state index in [1.807, 2.05) is 0 Å². The maximum Gasteiger partial charge on any atom is 0.411 e. The van der Waals surface area contributed by atoms with Crippen LogP contribution in [0.2, 0.25) is 0 Å². The Morgan fingerprint density at radius 3 is 2.65 bits per heavy atom. The number of hydrogen-bond donors (Lipinski definition) is 2. The third-order valence-electron chi connectivity index (χ3n) is 1.99. The predicted octanol–water partition coefficient (Wildman–Crippen LogP) is 0.782. The van der Waals surface area contributed by atoms with Crippen molar-refractivity contribution in [1.82, 2.24) is 9.97 Å². The van der Waals surface area contributed by atoms with Crippen LogP contribution in [0.5, 0.6) is 0 Å². The minimum absolute atomic E-state index is 0.0653. The third-order valence-corrected chi connectivity index (χ3v) is 1.99. The number of anilines is 1. The van der Waals surface area contributed by atoms with Crippen molar-refractivity contribution < 1.29 is 17.9 Å². The number of nitrogens with two attached hydrogens (primary N) is 1. The minimum Gasteiger partial charge on any atom is -0.383 e. The standard InChI is InChI=1S/C9H12F3N3O2/c1-5-7(13)14-6(15-8(5)16)2-3-17-4-9(10,11)12/h2-4H2,1H3,(H3,13,14,15,16). The van der Waals surface area contributed by atoms with Crippen LogP contribution in [0.1, 0.15) is 11.4 Å². The molecule has 17 heavy (non-hydrogen) atoms. The summed E-state index contributed by atoms with van der Waals surface area (Å²) in [4.78, 5) is 17.5. The van der Waals surface area contributed by atoms with E-state index in [1.165, 1.54) is 6.92 Å². The van der Waals surface area contributed by atoms with Gasteiger partial charge in [-0.25, -0.2) is 4.98 Å². The molecule has 0 radical (unpaired) electrons. The fourth-order valence-electron chi connectivity index (χ4n) is 1.07. The Morgan fingerprint density at radius 1 is 1.47 bits per heavy atom. The molecule has 0 aliphatic heterocycles. The number of halogens is 3. The Balaban J connectivity index is 2.51. The molecule has 1 aromatic rings. The summed E-state index contributed by atoms with van der Waals surface area (Å²) in [5.41, 5.74) is 5.33. The van der Waals surface area contributed by atoms with E-state index in [9.17, 15) is 18.0 Å². The van der Waals surface area contributed by atoms with E-state index in [1.54, 1.807) is 0 Å². The molecule has 0 spiro atoms. The average molecular weight is 251 g/mol. The molecule has 3 N–H and O–H groups in total. The molecule has 0 amide bonds. The van der Waals surface area contributed by atoms with Crippen molar-refractivity contribution in [1.29, 1.82) is 0 Å². The van der Waals surface area contributed by atoms with Gasteiger partial charge in [-0.1, -0.05) is 0 Å². The number of rotatable bonds is 4. The van der Waals surface area contributed by atoms with Gasteiger partial charge >= 0.3 is 6.18 Å². The summed E-state index contributed by atoms with van der Waals surface area (Å²) in [6.07, 6.45) is -4.29. The Morgan fingerprint density at radius 2 is 2.12 bits per heavy atom. The summed E-state index contributed by atoms with van der Waals surface area (Å²) in [5, 5.41) is 0. The lowest BCUT2D eigenvalue weighted by atomic mass is 10.3. The minimum atomic E-state index is -4.35. The van der Waals surface area contributed by atoms with Gasteiger partial charge in [-0.3, -0.25) is 4.79 Å². The van der Waals surface area contributed by atoms with Gasteiger partial charge in [0.25, 0.3) is 5.56 Å². The van der Waals surface area contributed by atoms with E-state index in [2.05, 4.69) is 14.7 Å². The van der Waals surface area contributed by atoms with E-state index in [4.69, 9.17) is 5.73 Å². The van der Waals surface area contributed by atoms with Crippen molar-refractivity contribution in [2.75, 3.05) is 18.9 Å². The van der Waals surface area contributed by atoms with Crippen LogP contribution in [-0.2, 0) is 11.2 Å². The number of nitrogens with zero attached hydrogens (tertiary/aromatic N) is 1. The van der Waals surface area contributed by atoms with Crippen LogP contribution in [0.15, 0.2) is 4.79 Å². The molecule has 96 valence electrons. The second-order valence-electron chi connectivity index (χ2n) is 3.44. The van der Waals surface area contributed by atoms with Crippen LogP contribution in [0.25, 0.3) is 0 Å². The number of H-pyrrole nitrogens is 1. The van der Waals surface area contributed by atoms with Crippen molar-refractivity contribution >= 4 is 5.82 Å². The molecule has 1 rings (SSSR count). The number of alkyl halides is 3. The van der Waals surface area contributed by atoms with Gasteiger partial charge in [0.2, 0.25) is 0 Å². The lowest BCUT2D eigenvalue weighted by Gasteiger charge is -2.07. The molecule has 0 fully saturated rings. The van der Waals surface area contributed by atoms with Crippen molar-refractivity contribution in [3.05, 3.63) is 21.7 Å². The molecule has 5 nitrogen and oxygen atoms in total. The van der Waals surface area contributed by atoms with E-state index < -0.39 is 18.3 Å². The summed E-state index contributed by atoms with van der Waals surface area (Å²) in [6.45, 7) is -0.00533. The summed E-state index contributed by atoms with van der Waals surface area (Å²) in [5.74, 6) is 0.278. The first kappa shape index (κ1) is 13.5. The average Bonchev–Trinajstić information content (AvgIpc) is 2.19. The molecule has 8 heteroatoms. The Bertz CT molecular complexity index is 442. The largest absolute Gasteiger partial charge is 0.411 e. The molecule has 0 bridgehead atoms. The highest BCUT2D eigenvalue weighted by Gasteiger charge is 2.27. The number of nitrogen functional groups attached to an aromatic ring is 1. The molecule has 0 saturated carbocycles. The van der Waals surface area contributed by atoms with Gasteiger partial charge in [-0.2, -0.15) is 13.2 Å². The Kier molecular flexibility index (Phi) is 4.11. The number of nitrogens with one attached hydrogen (secondary N) is 1. The van der Waals surface area contributed by atoms with Gasteiger partial charge in [0.05, 0.1) is 12.2 Å². The molecular weight excluding hydrogens is 239 g/mol. The normalized spacial score (nSPS) is 11.8. The Labute approximate surface area is 94.8 Å². The maximum atomic E-state index is 11.7. The molecule has 0 saturated heterocycles. The second-order valence-corrected chi connectivity index (χ2v) is 3.44. The van der Waals surface area contributed by atoms with Crippen LogP contribution >= 0.6 is 0 Å². The summed E-state index contributed by atoms with van der Waals surface area (Å²) >= 11 is 0. The molecule has 0 aliphatic carbocycles. The lowest BCUT2D eigenvalue weighted by Crippen LogP contribution is -2.20. The van der Waals surface area contributed by atoms with Gasteiger partial charge in [0.15, 0.2) is 0 Å². The molecular formula is C9H12F3N3O2. The molecule has 1 heterocycles. The van der Waals surface area contributed by atoms with Gasteiger partial charge in [-0.15, -0.1) is 0 Å². The monoisotopic (exact) mass is 251 g/mol. The van der Waals surface area contributed by atoms with Gasteiger partial charge in [-0.05, 0) is 6.92 Å². The topological polar surface area (TPSA) is 81.0 Å². The second kappa shape index (κ2) is 5.17. The molecule has 0 atom stereocenters. The van der Waals surface area contributed by atoms with Crippen molar-refractivity contribution in [2.45, 2.75) is 19.5 Å². The van der Waals surface area contributed by atoms with Gasteiger partial charge in [0, 0.05) is 6.42 Å². The first-order valence-corrected chi connectivity index (χ1v) is 4.79. The predicted molar refractivity (Wildman–Crippen MR) is 54.6 cm³/mol. The summed E-state index contributed by atoms with van der Waals surface area (Å²) < 4.78 is 39.6. The molecule has 1 aromatic heterocycles. The number of aromatic nitrogens is 2. The maximum absolute atomic E-state index is 11.7. The fraction of sp³-hybridized carbons (Fsp3) is 0.556. The fourth-order valence-corrected chi connectivity index (χ4v) is 1.07. The highest BCUT2D eigenvalue weighted by atomic mass is 19.4. The zero-order chi connectivity index (χ0) is 13.1. The summed E-state index contributed by atoms with van der Waals surface area (Å²) in [7, 11) is 0. The zero-order valence-corrected chi connectivity index (χ0v) is 9.10. The third kappa shape index (κ3) is 4.43. The number of hydrogen-bond acceptors (Lipinski definition) is 4. The molecule has 0 unspecified atom stereocenters. The van der Waals surface area contributed by atoms with Crippen molar-refractivity contribution in [2.24, 2.45) is 0 Å². The Hall–Kier alpha value is -1.57. The van der Waals surface area contributed by atoms with Crippen molar-refractivity contribution in [3.8, 4) is 0 Å². The number of aromatic amines is 1. The highest BCUT2D eigenvalue weighted by molar-refractivity contribution is 5.36. The number of ether oxygens (including phenoxy) is 1. The molecule has 0 aromatic carbocycles. The van der Waals surface area contributed by atoms with E-state index in [0.717, 1.165) is 0 Å². The summed E-state index contributed by atoms with van der Waals surface area (Å²) in [6, 6.07) is 0. The lowest BCUT2D eigenvalue weighted by molar-refractivity contribution is -0.173. The first-order valence-electron chi connectivity index (χ1n) is 4.79. The SMILES string of the molecule is Cc1c(N)nc(CCOCC(F)(F)F)[nH]c1=O. The molecule has 0 aliphatic rings. The van der Waals surface area contributed by atoms with Crippen LogP contribution in [0.3, 0.4) is 0 Å². The van der Waals surface area contributed by atoms with Crippen molar-refractivity contribution in [3.63, 3.8) is 0 Å². The highest BCUT2D eigenvalue weighted by Crippen LogP contribution is 2.14. The quantitative estimate of drug-likeness (QED) is 0.775. The first-order chi connectivity index (χ1) is 7.79.